The lowest BCUT2D eigenvalue weighted by atomic mass is 10.7. The van der Waals surface area contributed by atoms with Crippen LogP contribution in [0.4, 0.5) is 13.2 Å². The van der Waals surface area contributed by atoms with Crippen LogP contribution in [0.25, 0.3) is 0 Å². The lowest BCUT2D eigenvalue weighted by molar-refractivity contribution is -0.0500. The van der Waals surface area contributed by atoms with Crippen molar-refractivity contribution in [2.45, 2.75) is 5.51 Å². The van der Waals surface area contributed by atoms with E-state index in [-0.39, 0.29) is 8.35 Å². The van der Waals surface area contributed by atoms with E-state index in [1.165, 1.54) is 0 Å². The summed E-state index contributed by atoms with van der Waals surface area (Å²) in [6.45, 7) is 0. The molecule has 0 aliphatic rings. The van der Waals surface area contributed by atoms with E-state index in [0.717, 1.165) is 12.0 Å². The van der Waals surface area contributed by atoms with Crippen LogP contribution in [0.5, 0.6) is 5.75 Å². The van der Waals surface area contributed by atoms with Crippen molar-refractivity contribution < 1.29 is 25.8 Å². The van der Waals surface area contributed by atoms with Crippen molar-refractivity contribution in [2.24, 2.45) is 0 Å². The Bertz CT molecular complexity index is 370. The molecule has 1 atom stereocenters. The maximum absolute atomic E-state index is 11.7. The van der Waals surface area contributed by atoms with Gasteiger partial charge in [0.25, 0.3) is 0 Å². The second-order valence-corrected chi connectivity index (χ2v) is 4.26. The first kappa shape index (κ1) is 10.3. The Kier molecular flexibility index (Phi) is 2.53. The van der Waals surface area contributed by atoms with Gasteiger partial charge in [-0.3, -0.25) is 0 Å². The highest BCUT2D eigenvalue weighted by molar-refractivity contribution is 7.88. The first-order valence-electron chi connectivity index (χ1n) is 2.82. The Hall–Kier alpha value is -0.750. The molecule has 0 saturated carbocycles. The van der Waals surface area contributed by atoms with Crippen molar-refractivity contribution in [1.82, 2.24) is 4.75 Å². The van der Waals surface area contributed by atoms with Crippen LogP contribution in [0.1, 0.15) is 0 Å². The van der Waals surface area contributed by atoms with Crippen LogP contribution < -0.4 is 4.18 Å². The van der Waals surface area contributed by atoms with Gasteiger partial charge >= 0.3 is 15.6 Å². The molecule has 9 heteroatoms. The van der Waals surface area contributed by atoms with Crippen LogP contribution in [0, 0.1) is 0 Å². The molecular weight excluding hydrogens is 230 g/mol. The van der Waals surface area contributed by atoms with Crippen LogP contribution in [0.2, 0.25) is 0 Å². The van der Waals surface area contributed by atoms with Gasteiger partial charge in [0.15, 0.2) is 5.75 Å². The fraction of sp³-hybridized carbons (Fsp3) is 0.250. The molecule has 0 aliphatic carbocycles. The average Bonchev–Trinajstić information content (AvgIpc) is 2.35. The van der Waals surface area contributed by atoms with Gasteiger partial charge in [-0.2, -0.15) is 21.6 Å². The molecular formula is C4H3F3NO3PS. The van der Waals surface area contributed by atoms with Crippen molar-refractivity contribution in [2.75, 3.05) is 0 Å². The van der Waals surface area contributed by atoms with Crippen molar-refractivity contribution >= 4 is 18.5 Å². The number of nitrogens with zero attached hydrogens (tertiary/aromatic N) is 1. The van der Waals surface area contributed by atoms with Gasteiger partial charge in [-0.05, 0) is 8.35 Å². The van der Waals surface area contributed by atoms with Crippen LogP contribution >= 0.6 is 8.35 Å². The van der Waals surface area contributed by atoms with E-state index in [2.05, 4.69) is 8.93 Å². The van der Waals surface area contributed by atoms with Crippen molar-refractivity contribution in [3.63, 3.8) is 0 Å². The molecule has 1 aromatic rings. The van der Waals surface area contributed by atoms with Crippen LogP contribution in [-0.2, 0) is 10.1 Å². The zero-order chi connectivity index (χ0) is 10.1. The molecule has 0 bridgehead atoms. The third kappa shape index (κ3) is 2.35. The predicted octanol–water partition coefficient (Wildman–Crippen LogP) is 1.34. The third-order valence-electron chi connectivity index (χ3n) is 0.963. The molecule has 74 valence electrons. The van der Waals surface area contributed by atoms with Crippen LogP contribution in [0.15, 0.2) is 12.0 Å². The highest BCUT2D eigenvalue weighted by atomic mass is 32.2. The van der Waals surface area contributed by atoms with Crippen LogP contribution in [0.3, 0.4) is 0 Å². The Morgan fingerprint density at radius 2 is 2.08 bits per heavy atom. The fourth-order valence-corrected chi connectivity index (χ4v) is 1.52. The SMILES string of the molecule is O=S(=O)(Oc1cn[pH]c1)C(F)(F)F. The minimum Gasteiger partial charge on any atom is -0.374 e. The standard InChI is InChI=1S/C4H3F3NO3PS/c5-4(6,7)13(9,10)11-3-1-8-12-2-3/h1-2,12H. The Morgan fingerprint density at radius 3 is 2.46 bits per heavy atom. The number of halogens is 3. The van der Waals surface area contributed by atoms with E-state index in [4.69, 9.17) is 0 Å². The normalized spacial score (nSPS) is 13.5. The summed E-state index contributed by atoms with van der Waals surface area (Å²) in [6.07, 6.45) is 0.932. The molecule has 0 spiro atoms. The smallest absolute Gasteiger partial charge is 0.374 e. The Labute approximate surface area is 73.0 Å². The molecule has 0 saturated heterocycles. The highest BCUT2D eigenvalue weighted by Crippen LogP contribution is 2.27. The summed E-state index contributed by atoms with van der Waals surface area (Å²) in [5.41, 5.74) is -5.40. The van der Waals surface area contributed by atoms with Gasteiger partial charge in [0.1, 0.15) is 0 Å². The van der Waals surface area contributed by atoms with Crippen molar-refractivity contribution in [1.29, 1.82) is 0 Å². The monoisotopic (exact) mass is 233 g/mol. The summed E-state index contributed by atoms with van der Waals surface area (Å²) in [7, 11) is -5.63. The molecule has 0 N–H and O–H groups in total. The quantitative estimate of drug-likeness (QED) is 0.571. The molecule has 4 nitrogen and oxygen atoms in total. The summed E-state index contributed by atoms with van der Waals surface area (Å²) in [6, 6.07) is 0. The number of alkyl halides is 3. The van der Waals surface area contributed by atoms with Gasteiger partial charge in [-0.1, -0.05) is 0 Å². The summed E-state index contributed by atoms with van der Waals surface area (Å²) in [5.74, 6) is 0.763. The second kappa shape index (κ2) is 3.19. The molecule has 0 fully saturated rings. The van der Waals surface area contributed by atoms with Gasteiger partial charge in [0.2, 0.25) is 0 Å². The van der Waals surface area contributed by atoms with Crippen molar-refractivity contribution in [3.05, 3.63) is 12.0 Å². The molecule has 0 radical (unpaired) electrons. The molecule has 1 rings (SSSR count). The van der Waals surface area contributed by atoms with E-state index >= 15 is 0 Å². The Morgan fingerprint density at radius 1 is 1.46 bits per heavy atom. The largest absolute Gasteiger partial charge is 0.534 e. The number of hydrogen-bond acceptors (Lipinski definition) is 4. The average molecular weight is 233 g/mol. The number of aromatic nitrogens is 1. The maximum Gasteiger partial charge on any atom is 0.534 e. The van der Waals surface area contributed by atoms with Gasteiger partial charge in [-0.25, -0.2) is 4.75 Å². The van der Waals surface area contributed by atoms with E-state index in [0.29, 0.717) is 0 Å². The minimum atomic E-state index is -5.54. The van der Waals surface area contributed by atoms with Gasteiger partial charge in [0.05, 0.1) is 6.20 Å². The van der Waals surface area contributed by atoms with Crippen molar-refractivity contribution in [3.8, 4) is 5.75 Å². The Balaban J connectivity index is 2.87. The predicted molar refractivity (Wildman–Crippen MR) is 39.3 cm³/mol. The minimum absolute atomic E-state index is 0.0911. The lowest BCUT2D eigenvalue weighted by Gasteiger charge is -2.06. The van der Waals surface area contributed by atoms with Crippen LogP contribution in [-0.4, -0.2) is 18.7 Å². The first-order chi connectivity index (χ1) is 5.83. The molecule has 0 amide bonds. The summed E-state index contributed by atoms with van der Waals surface area (Å²) < 4.78 is 63.0. The summed E-state index contributed by atoms with van der Waals surface area (Å²) in [5, 5.41) is 0. The second-order valence-electron chi connectivity index (χ2n) is 1.92. The first-order valence-corrected chi connectivity index (χ1v) is 5.26. The molecule has 1 aromatic heterocycles. The fourth-order valence-electron chi connectivity index (χ4n) is 0.459. The van der Waals surface area contributed by atoms with E-state index in [1.807, 2.05) is 0 Å². The van der Waals surface area contributed by atoms with E-state index in [1.54, 1.807) is 0 Å². The number of hydrogen-bond donors (Lipinski definition) is 0. The topological polar surface area (TPSA) is 56.3 Å². The van der Waals surface area contributed by atoms with Gasteiger partial charge in [0, 0.05) is 5.80 Å². The maximum atomic E-state index is 11.7. The zero-order valence-corrected chi connectivity index (χ0v) is 7.69. The van der Waals surface area contributed by atoms with E-state index < -0.39 is 21.4 Å². The third-order valence-corrected chi connectivity index (χ3v) is 2.63. The molecule has 1 unspecified atom stereocenters. The molecule has 0 aromatic carbocycles. The van der Waals surface area contributed by atoms with Gasteiger partial charge in [-0.15, -0.1) is 0 Å². The van der Waals surface area contributed by atoms with Gasteiger partial charge < -0.3 is 4.18 Å². The summed E-state index contributed by atoms with van der Waals surface area (Å²) >= 11 is 0. The molecule has 1 heterocycles. The molecule has 0 aliphatic heterocycles. The lowest BCUT2D eigenvalue weighted by Crippen LogP contribution is -2.27. The highest BCUT2D eigenvalue weighted by Gasteiger charge is 2.48. The summed E-state index contributed by atoms with van der Waals surface area (Å²) in [4.78, 5) is 0. The van der Waals surface area contributed by atoms with E-state index in [9.17, 15) is 21.6 Å². The number of rotatable bonds is 2. The molecule has 13 heavy (non-hydrogen) atoms. The zero-order valence-electron chi connectivity index (χ0n) is 5.87.